The molecule has 0 aromatic heterocycles. The molecule has 0 spiro atoms. The van der Waals surface area contributed by atoms with Crippen LogP contribution in [0.3, 0.4) is 0 Å². The summed E-state index contributed by atoms with van der Waals surface area (Å²) in [6, 6.07) is 6.29. The number of hydrogen-bond acceptors (Lipinski definition) is 6. The van der Waals surface area contributed by atoms with E-state index < -0.39 is 12.2 Å². The summed E-state index contributed by atoms with van der Waals surface area (Å²) < 4.78 is 0. The van der Waals surface area contributed by atoms with Crippen LogP contribution in [0.1, 0.15) is 12.5 Å². The third-order valence-electron chi connectivity index (χ3n) is 5.53. The summed E-state index contributed by atoms with van der Waals surface area (Å²) in [5.74, 6) is 0.506. The van der Waals surface area contributed by atoms with E-state index in [0.717, 1.165) is 30.3 Å². The van der Waals surface area contributed by atoms with E-state index in [9.17, 15) is 9.59 Å². The van der Waals surface area contributed by atoms with Gasteiger partial charge in [-0.3, -0.25) is 9.69 Å². The lowest BCUT2D eigenvalue weighted by atomic mass is 10.1. The van der Waals surface area contributed by atoms with Crippen molar-refractivity contribution in [1.82, 2.24) is 24.5 Å². The number of urea groups is 1. The Morgan fingerprint density at radius 2 is 1.83 bits per heavy atom. The van der Waals surface area contributed by atoms with Crippen LogP contribution in [0.2, 0.25) is 5.02 Å². The van der Waals surface area contributed by atoms with Gasteiger partial charge in [0.2, 0.25) is 5.96 Å². The van der Waals surface area contributed by atoms with Crippen LogP contribution in [0, 0.1) is 0 Å². The number of carbonyl (C=O) groups excluding carboxylic acids is 2. The second kappa shape index (κ2) is 7.35. The number of allylic oxidation sites excluding steroid dienone is 1. The number of carbonyl (C=O) groups is 2. The molecule has 2 atom stereocenters. The monoisotopic (exact) mass is 416 g/mol. The number of halogens is 1. The number of amides is 3. The molecule has 3 aliphatic rings. The third kappa shape index (κ3) is 3.36. The van der Waals surface area contributed by atoms with Gasteiger partial charge in [0.25, 0.3) is 5.91 Å². The molecule has 0 saturated carbocycles. The summed E-state index contributed by atoms with van der Waals surface area (Å²) in [5.41, 5.74) is 1.89. The maximum absolute atomic E-state index is 13.3. The first-order valence-electron chi connectivity index (χ1n) is 9.57. The third-order valence-corrected chi connectivity index (χ3v) is 5.78. The highest BCUT2D eigenvalue weighted by Gasteiger charge is 2.54. The van der Waals surface area contributed by atoms with Gasteiger partial charge in [0.05, 0.1) is 6.54 Å². The Kier molecular flexibility index (Phi) is 5.00. The maximum atomic E-state index is 13.3. The molecule has 1 aromatic carbocycles. The molecule has 8 nitrogen and oxygen atoms in total. The Bertz CT molecular complexity index is 897. The first-order valence-corrected chi connectivity index (χ1v) is 9.95. The number of nitrogens with zero attached hydrogens (tertiary/aromatic N) is 6. The highest BCUT2D eigenvalue weighted by atomic mass is 35.5. The molecule has 3 amide bonds. The van der Waals surface area contributed by atoms with Crippen molar-refractivity contribution in [3.8, 4) is 0 Å². The summed E-state index contributed by atoms with van der Waals surface area (Å²) in [4.78, 5) is 40.0. The van der Waals surface area contributed by atoms with Gasteiger partial charge in [-0.2, -0.15) is 0 Å². The van der Waals surface area contributed by atoms with Crippen molar-refractivity contribution < 1.29 is 9.59 Å². The molecule has 0 radical (unpaired) electrons. The van der Waals surface area contributed by atoms with Crippen molar-refractivity contribution in [1.29, 1.82) is 0 Å². The van der Waals surface area contributed by atoms with E-state index in [4.69, 9.17) is 16.6 Å². The van der Waals surface area contributed by atoms with E-state index in [0.29, 0.717) is 5.02 Å². The number of benzene rings is 1. The topological polar surface area (TPSA) is 62.7 Å². The van der Waals surface area contributed by atoms with Crippen molar-refractivity contribution in [2.24, 2.45) is 4.99 Å². The van der Waals surface area contributed by atoms with Crippen LogP contribution in [-0.4, -0.2) is 88.8 Å². The lowest BCUT2D eigenvalue weighted by Gasteiger charge is -2.40. The minimum absolute atomic E-state index is 0.207. The summed E-state index contributed by atoms with van der Waals surface area (Å²) in [6.45, 7) is 3.85. The zero-order valence-electron chi connectivity index (χ0n) is 17.0. The van der Waals surface area contributed by atoms with Crippen molar-refractivity contribution in [2.75, 3.05) is 34.2 Å². The molecule has 2 unspecified atom stereocenters. The Balaban J connectivity index is 1.59. The molecular formula is C20H25ClN6O2. The lowest BCUT2D eigenvalue weighted by molar-refractivity contribution is -0.137. The lowest BCUT2D eigenvalue weighted by Crippen LogP contribution is -2.63. The van der Waals surface area contributed by atoms with E-state index in [1.54, 1.807) is 24.1 Å². The van der Waals surface area contributed by atoms with Gasteiger partial charge < -0.3 is 19.6 Å². The number of imide groups is 1. The van der Waals surface area contributed by atoms with E-state index in [2.05, 4.69) is 9.80 Å². The van der Waals surface area contributed by atoms with Crippen LogP contribution in [0.25, 0.3) is 0 Å². The molecule has 1 aromatic rings. The SMILES string of the molecule is CC1=CN2C(=NC3C2C(=O)N(Cc2ccc(Cl)cc2)C(=O)N3C)N1CCN(C)C. The molecule has 4 rings (SSSR count). The smallest absolute Gasteiger partial charge is 0.313 e. The molecule has 9 heteroatoms. The van der Waals surface area contributed by atoms with E-state index in [1.165, 1.54) is 4.90 Å². The molecule has 29 heavy (non-hydrogen) atoms. The summed E-state index contributed by atoms with van der Waals surface area (Å²) in [5, 5.41) is 0.617. The Morgan fingerprint density at radius 3 is 2.48 bits per heavy atom. The largest absolute Gasteiger partial charge is 0.328 e. The summed E-state index contributed by atoms with van der Waals surface area (Å²) >= 11 is 5.95. The number of guanidine groups is 1. The molecule has 1 saturated heterocycles. The van der Waals surface area contributed by atoms with Gasteiger partial charge in [-0.25, -0.2) is 9.79 Å². The second-order valence-electron chi connectivity index (χ2n) is 7.86. The molecule has 0 aliphatic carbocycles. The quantitative estimate of drug-likeness (QED) is 0.733. The molecular weight excluding hydrogens is 392 g/mol. The van der Waals surface area contributed by atoms with Gasteiger partial charge in [-0.15, -0.1) is 0 Å². The predicted octanol–water partition coefficient (Wildman–Crippen LogP) is 1.84. The number of aliphatic imine (C=N–C) groups is 1. The average molecular weight is 417 g/mol. The standard InChI is InChI=1S/C20H25ClN6O2/c1-13-11-26-16-17(22-19(26)25(13)10-9-23(2)3)24(4)20(29)27(18(16)28)12-14-5-7-15(21)8-6-14/h5-8,11,16-17H,9-10,12H2,1-4H3. The van der Waals surface area contributed by atoms with Gasteiger partial charge in [0.15, 0.2) is 12.2 Å². The number of likely N-dealkylation sites (N-methyl/N-ethyl adjacent to an activating group) is 2. The average Bonchev–Trinajstić information content (AvgIpc) is 3.18. The van der Waals surface area contributed by atoms with Crippen LogP contribution < -0.4 is 0 Å². The molecule has 0 N–H and O–H groups in total. The molecule has 1 fully saturated rings. The first-order chi connectivity index (χ1) is 13.8. The van der Waals surface area contributed by atoms with Crippen LogP contribution >= 0.6 is 11.6 Å². The van der Waals surface area contributed by atoms with Gasteiger partial charge in [0.1, 0.15) is 0 Å². The maximum Gasteiger partial charge on any atom is 0.328 e. The second-order valence-corrected chi connectivity index (χ2v) is 8.30. The zero-order valence-corrected chi connectivity index (χ0v) is 17.8. The fourth-order valence-corrected chi connectivity index (χ4v) is 4.02. The highest BCUT2D eigenvalue weighted by Crippen LogP contribution is 2.34. The highest BCUT2D eigenvalue weighted by molar-refractivity contribution is 6.30. The van der Waals surface area contributed by atoms with Crippen molar-refractivity contribution >= 4 is 29.5 Å². The fourth-order valence-electron chi connectivity index (χ4n) is 3.90. The van der Waals surface area contributed by atoms with Gasteiger partial charge in [0, 0.05) is 37.1 Å². The van der Waals surface area contributed by atoms with Crippen LogP contribution in [0.4, 0.5) is 4.79 Å². The summed E-state index contributed by atoms with van der Waals surface area (Å²) in [6.07, 6.45) is 1.44. The minimum Gasteiger partial charge on any atom is -0.313 e. The number of hydrogen-bond donors (Lipinski definition) is 0. The van der Waals surface area contributed by atoms with Crippen molar-refractivity contribution in [3.63, 3.8) is 0 Å². The van der Waals surface area contributed by atoms with Crippen molar-refractivity contribution in [2.45, 2.75) is 25.7 Å². The first kappa shape index (κ1) is 19.7. The predicted molar refractivity (Wildman–Crippen MR) is 111 cm³/mol. The Labute approximate surface area is 175 Å². The molecule has 154 valence electrons. The number of rotatable bonds is 5. The fraction of sp³-hybridized carbons (Fsp3) is 0.450. The van der Waals surface area contributed by atoms with Crippen molar-refractivity contribution in [3.05, 3.63) is 46.7 Å². The van der Waals surface area contributed by atoms with Crippen LogP contribution in [0.15, 0.2) is 41.2 Å². The Morgan fingerprint density at radius 1 is 1.14 bits per heavy atom. The zero-order chi connectivity index (χ0) is 20.9. The van der Waals surface area contributed by atoms with Gasteiger partial charge in [-0.05, 0) is 38.7 Å². The van der Waals surface area contributed by atoms with Crippen LogP contribution in [0.5, 0.6) is 0 Å². The molecule has 3 heterocycles. The van der Waals surface area contributed by atoms with E-state index in [-0.39, 0.29) is 18.5 Å². The van der Waals surface area contributed by atoms with E-state index in [1.807, 2.05) is 44.3 Å². The summed E-state index contributed by atoms with van der Waals surface area (Å²) in [7, 11) is 5.75. The van der Waals surface area contributed by atoms with Crippen LogP contribution in [-0.2, 0) is 11.3 Å². The van der Waals surface area contributed by atoms with Gasteiger partial charge in [-0.1, -0.05) is 23.7 Å². The molecule has 3 aliphatic heterocycles. The molecule has 0 bridgehead atoms. The normalized spacial score (nSPS) is 23.7. The number of fused-ring (bicyclic) bond motifs is 3. The van der Waals surface area contributed by atoms with E-state index >= 15 is 0 Å². The minimum atomic E-state index is -0.542. The van der Waals surface area contributed by atoms with Gasteiger partial charge >= 0.3 is 6.03 Å². The Hall–Kier alpha value is -2.58.